The maximum Gasteiger partial charge on any atom is 0.256 e. The first kappa shape index (κ1) is 15.4. The Labute approximate surface area is 137 Å². The predicted octanol–water partition coefficient (Wildman–Crippen LogP) is 4.51. The number of furan rings is 2. The monoisotopic (exact) mass is 333 g/mol. The Kier molecular flexibility index (Phi) is 4.48. The fourth-order valence-electron chi connectivity index (χ4n) is 2.21. The van der Waals surface area contributed by atoms with Crippen LogP contribution in [0.5, 0.6) is 0 Å². The highest BCUT2D eigenvalue weighted by molar-refractivity contribution is 6.33. The zero-order valence-corrected chi connectivity index (χ0v) is 12.8. The van der Waals surface area contributed by atoms with E-state index in [-0.39, 0.29) is 29.6 Å². The van der Waals surface area contributed by atoms with Crippen LogP contribution in [0.3, 0.4) is 0 Å². The number of carbonyl (C=O) groups excluding carboxylic acids is 1. The molecule has 3 rings (SSSR count). The Morgan fingerprint density at radius 2 is 1.65 bits per heavy atom. The molecule has 1 aromatic carbocycles. The lowest BCUT2D eigenvalue weighted by atomic mass is 10.2. The summed E-state index contributed by atoms with van der Waals surface area (Å²) in [6.45, 7) is 0.500. The van der Waals surface area contributed by atoms with Gasteiger partial charge in [-0.2, -0.15) is 0 Å². The van der Waals surface area contributed by atoms with Gasteiger partial charge >= 0.3 is 0 Å². The van der Waals surface area contributed by atoms with Gasteiger partial charge in [0.1, 0.15) is 17.3 Å². The summed E-state index contributed by atoms with van der Waals surface area (Å²) in [5.74, 6) is 0.434. The van der Waals surface area contributed by atoms with Gasteiger partial charge in [-0.15, -0.1) is 0 Å². The summed E-state index contributed by atoms with van der Waals surface area (Å²) in [4.78, 5) is 14.3. The molecule has 0 saturated heterocycles. The van der Waals surface area contributed by atoms with Gasteiger partial charge in [-0.05, 0) is 42.5 Å². The second-order valence-corrected chi connectivity index (χ2v) is 5.35. The molecule has 3 aromatic rings. The molecule has 2 aromatic heterocycles. The molecule has 0 spiro atoms. The van der Waals surface area contributed by atoms with Crippen molar-refractivity contribution in [2.24, 2.45) is 0 Å². The third-order valence-electron chi connectivity index (χ3n) is 3.30. The van der Waals surface area contributed by atoms with Crippen molar-refractivity contribution in [1.82, 2.24) is 4.90 Å². The summed E-state index contributed by atoms with van der Waals surface area (Å²) in [6, 6.07) is 10.7. The molecule has 0 atom stereocenters. The van der Waals surface area contributed by atoms with E-state index < -0.39 is 5.82 Å². The molecular weight excluding hydrogens is 321 g/mol. The smallest absolute Gasteiger partial charge is 0.256 e. The van der Waals surface area contributed by atoms with E-state index in [2.05, 4.69) is 0 Å². The minimum atomic E-state index is -0.491. The first-order valence-electron chi connectivity index (χ1n) is 6.92. The number of halogens is 2. The second-order valence-electron chi connectivity index (χ2n) is 4.94. The Morgan fingerprint density at radius 1 is 1.04 bits per heavy atom. The van der Waals surface area contributed by atoms with Crippen LogP contribution in [0.25, 0.3) is 0 Å². The Bertz CT molecular complexity index is 748. The number of rotatable bonds is 5. The standard InChI is InChI=1S/C17H13ClFNO3/c18-16-9-12(19)5-6-15(16)17(21)20(10-13-3-1-7-22-13)11-14-4-2-8-23-14/h1-9H,10-11H2. The zero-order chi connectivity index (χ0) is 16.2. The number of hydrogen-bond acceptors (Lipinski definition) is 3. The van der Waals surface area contributed by atoms with Crippen molar-refractivity contribution in [2.45, 2.75) is 13.1 Å². The van der Waals surface area contributed by atoms with Gasteiger partial charge in [0.15, 0.2) is 0 Å². The summed E-state index contributed by atoms with van der Waals surface area (Å²) < 4.78 is 23.8. The Balaban J connectivity index is 1.88. The third kappa shape index (κ3) is 3.63. The van der Waals surface area contributed by atoms with Crippen LogP contribution in [0.1, 0.15) is 21.9 Å². The van der Waals surface area contributed by atoms with E-state index in [0.717, 1.165) is 6.07 Å². The second kappa shape index (κ2) is 6.71. The first-order valence-corrected chi connectivity index (χ1v) is 7.30. The molecule has 0 saturated carbocycles. The quantitative estimate of drug-likeness (QED) is 0.690. The van der Waals surface area contributed by atoms with Crippen LogP contribution in [-0.4, -0.2) is 10.8 Å². The van der Waals surface area contributed by atoms with E-state index in [1.54, 1.807) is 24.3 Å². The van der Waals surface area contributed by atoms with Gasteiger partial charge in [-0.25, -0.2) is 4.39 Å². The number of hydrogen-bond donors (Lipinski definition) is 0. The Hall–Kier alpha value is -2.53. The average molecular weight is 334 g/mol. The maximum atomic E-state index is 13.2. The molecule has 1 amide bonds. The molecule has 0 aliphatic rings. The number of amides is 1. The van der Waals surface area contributed by atoms with Gasteiger partial charge in [0, 0.05) is 0 Å². The van der Waals surface area contributed by atoms with Crippen molar-refractivity contribution in [2.75, 3.05) is 0 Å². The molecule has 23 heavy (non-hydrogen) atoms. The largest absolute Gasteiger partial charge is 0.467 e. The minimum absolute atomic E-state index is 0.0684. The molecule has 0 aliphatic carbocycles. The minimum Gasteiger partial charge on any atom is -0.467 e. The molecule has 0 radical (unpaired) electrons. The molecule has 6 heteroatoms. The van der Waals surface area contributed by atoms with Crippen LogP contribution in [0.15, 0.2) is 63.8 Å². The van der Waals surface area contributed by atoms with E-state index in [1.807, 2.05) is 0 Å². The molecule has 0 aliphatic heterocycles. The molecular formula is C17H13ClFNO3. The average Bonchev–Trinajstić information content (AvgIpc) is 3.19. The molecule has 0 unspecified atom stereocenters. The fourth-order valence-corrected chi connectivity index (χ4v) is 2.46. The van der Waals surface area contributed by atoms with Crippen molar-refractivity contribution in [3.05, 3.63) is 82.9 Å². The maximum absolute atomic E-state index is 13.2. The Morgan fingerprint density at radius 3 is 2.13 bits per heavy atom. The van der Waals surface area contributed by atoms with Crippen LogP contribution >= 0.6 is 11.6 Å². The van der Waals surface area contributed by atoms with Gasteiger partial charge in [-0.1, -0.05) is 11.6 Å². The highest BCUT2D eigenvalue weighted by Gasteiger charge is 2.21. The lowest BCUT2D eigenvalue weighted by molar-refractivity contribution is 0.0705. The van der Waals surface area contributed by atoms with Crippen LogP contribution in [0.2, 0.25) is 5.02 Å². The molecule has 118 valence electrons. The summed E-state index contributed by atoms with van der Waals surface area (Å²) >= 11 is 6.00. The van der Waals surface area contributed by atoms with Gasteiger partial charge in [0.05, 0.1) is 36.2 Å². The lowest BCUT2D eigenvalue weighted by Crippen LogP contribution is -2.30. The molecule has 4 nitrogen and oxygen atoms in total. The molecule has 0 bridgehead atoms. The van der Waals surface area contributed by atoms with Crippen molar-refractivity contribution >= 4 is 17.5 Å². The van der Waals surface area contributed by atoms with E-state index in [1.165, 1.54) is 29.6 Å². The highest BCUT2D eigenvalue weighted by atomic mass is 35.5. The third-order valence-corrected chi connectivity index (χ3v) is 3.62. The normalized spacial score (nSPS) is 10.7. The number of carbonyl (C=O) groups is 1. The van der Waals surface area contributed by atoms with E-state index >= 15 is 0 Å². The van der Waals surface area contributed by atoms with Gasteiger partial charge in [0.25, 0.3) is 5.91 Å². The topological polar surface area (TPSA) is 46.6 Å². The van der Waals surface area contributed by atoms with E-state index in [4.69, 9.17) is 20.4 Å². The van der Waals surface area contributed by atoms with Crippen molar-refractivity contribution < 1.29 is 18.0 Å². The number of benzene rings is 1. The molecule has 2 heterocycles. The fraction of sp³-hybridized carbons (Fsp3) is 0.118. The van der Waals surface area contributed by atoms with Crippen molar-refractivity contribution in [3.63, 3.8) is 0 Å². The molecule has 0 fully saturated rings. The van der Waals surface area contributed by atoms with Crippen LogP contribution in [0, 0.1) is 5.82 Å². The summed E-state index contributed by atoms with van der Waals surface area (Å²) in [5, 5.41) is 0.0684. The summed E-state index contributed by atoms with van der Waals surface area (Å²) in [5.41, 5.74) is 0.228. The number of nitrogens with zero attached hydrogens (tertiary/aromatic N) is 1. The van der Waals surface area contributed by atoms with Crippen LogP contribution in [-0.2, 0) is 13.1 Å². The first-order chi connectivity index (χ1) is 11.1. The van der Waals surface area contributed by atoms with Crippen molar-refractivity contribution in [1.29, 1.82) is 0 Å². The molecule has 0 N–H and O–H groups in total. The van der Waals surface area contributed by atoms with Gasteiger partial charge < -0.3 is 13.7 Å². The summed E-state index contributed by atoms with van der Waals surface area (Å²) in [7, 11) is 0. The lowest BCUT2D eigenvalue weighted by Gasteiger charge is -2.21. The van der Waals surface area contributed by atoms with Gasteiger partial charge in [-0.3, -0.25) is 4.79 Å². The van der Waals surface area contributed by atoms with E-state index in [0.29, 0.717) is 11.5 Å². The van der Waals surface area contributed by atoms with E-state index in [9.17, 15) is 9.18 Å². The zero-order valence-electron chi connectivity index (χ0n) is 12.0. The summed E-state index contributed by atoms with van der Waals surface area (Å²) in [6.07, 6.45) is 3.07. The highest BCUT2D eigenvalue weighted by Crippen LogP contribution is 2.21. The van der Waals surface area contributed by atoms with Crippen molar-refractivity contribution in [3.8, 4) is 0 Å². The SMILES string of the molecule is O=C(c1ccc(F)cc1Cl)N(Cc1ccco1)Cc1ccco1. The predicted molar refractivity (Wildman–Crippen MR) is 82.4 cm³/mol. The van der Waals surface area contributed by atoms with Crippen LogP contribution < -0.4 is 0 Å². The van der Waals surface area contributed by atoms with Gasteiger partial charge in [0.2, 0.25) is 0 Å². The van der Waals surface area contributed by atoms with Crippen LogP contribution in [0.4, 0.5) is 4.39 Å².